The molecule has 0 aliphatic carbocycles. The van der Waals surface area contributed by atoms with Gasteiger partial charge < -0.3 is 4.42 Å². The van der Waals surface area contributed by atoms with Crippen molar-refractivity contribution < 1.29 is 4.42 Å². The highest BCUT2D eigenvalue weighted by molar-refractivity contribution is 6.22. The minimum atomic E-state index is 0.837. The number of aryl methyl sites for hydroxylation is 1. The molecule has 0 aliphatic heterocycles. The summed E-state index contributed by atoms with van der Waals surface area (Å²) >= 11 is 0. The SMILES string of the molecule is CCCc1nc2c3ccccc3c3ccccc3c2o1. The van der Waals surface area contributed by atoms with Crippen molar-refractivity contribution in [3.63, 3.8) is 0 Å². The normalized spacial score (nSPS) is 11.7. The Labute approximate surface area is 117 Å². The first-order chi connectivity index (χ1) is 9.88. The van der Waals surface area contributed by atoms with Gasteiger partial charge in [-0.05, 0) is 17.2 Å². The van der Waals surface area contributed by atoms with Crippen molar-refractivity contribution in [3.8, 4) is 0 Å². The molecule has 1 heterocycles. The zero-order chi connectivity index (χ0) is 13.5. The van der Waals surface area contributed by atoms with Crippen molar-refractivity contribution in [1.82, 2.24) is 4.98 Å². The smallest absolute Gasteiger partial charge is 0.195 e. The molecule has 0 saturated carbocycles. The average molecular weight is 261 g/mol. The van der Waals surface area contributed by atoms with Crippen molar-refractivity contribution >= 4 is 32.6 Å². The molecule has 0 amide bonds. The Kier molecular flexibility index (Phi) is 2.49. The molecule has 4 aromatic rings. The number of benzene rings is 3. The highest BCUT2D eigenvalue weighted by Gasteiger charge is 2.13. The molecule has 0 N–H and O–H groups in total. The van der Waals surface area contributed by atoms with Crippen LogP contribution in [0.2, 0.25) is 0 Å². The van der Waals surface area contributed by atoms with Crippen LogP contribution in [-0.4, -0.2) is 4.98 Å². The maximum absolute atomic E-state index is 6.02. The third-order valence-electron chi connectivity index (χ3n) is 3.78. The number of hydrogen-bond donors (Lipinski definition) is 0. The lowest BCUT2D eigenvalue weighted by atomic mass is 10.0. The number of oxazole rings is 1. The Hall–Kier alpha value is -2.35. The van der Waals surface area contributed by atoms with Crippen LogP contribution >= 0.6 is 0 Å². The molecule has 98 valence electrons. The van der Waals surface area contributed by atoms with E-state index in [2.05, 4.69) is 55.5 Å². The van der Waals surface area contributed by atoms with Crippen LogP contribution in [0.15, 0.2) is 52.9 Å². The Morgan fingerprint density at radius 2 is 1.45 bits per heavy atom. The van der Waals surface area contributed by atoms with Gasteiger partial charge in [0.1, 0.15) is 5.52 Å². The van der Waals surface area contributed by atoms with Crippen molar-refractivity contribution in [2.45, 2.75) is 19.8 Å². The Balaban J connectivity index is 2.25. The van der Waals surface area contributed by atoms with Crippen LogP contribution in [0.1, 0.15) is 19.2 Å². The van der Waals surface area contributed by atoms with E-state index in [9.17, 15) is 0 Å². The fraction of sp³-hybridized carbons (Fsp3) is 0.167. The molecule has 4 rings (SSSR count). The molecule has 0 radical (unpaired) electrons. The van der Waals surface area contributed by atoms with E-state index in [1.807, 2.05) is 0 Å². The minimum Gasteiger partial charge on any atom is -0.440 e. The van der Waals surface area contributed by atoms with Crippen LogP contribution < -0.4 is 0 Å². The van der Waals surface area contributed by atoms with E-state index in [-0.39, 0.29) is 0 Å². The summed E-state index contributed by atoms with van der Waals surface area (Å²) in [6, 6.07) is 16.8. The van der Waals surface area contributed by atoms with Crippen LogP contribution in [-0.2, 0) is 6.42 Å². The van der Waals surface area contributed by atoms with Crippen molar-refractivity contribution in [2.24, 2.45) is 0 Å². The van der Waals surface area contributed by atoms with Gasteiger partial charge in [0, 0.05) is 17.2 Å². The number of rotatable bonds is 2. The summed E-state index contributed by atoms with van der Waals surface area (Å²) in [4.78, 5) is 4.71. The highest BCUT2D eigenvalue weighted by Crippen LogP contribution is 2.34. The topological polar surface area (TPSA) is 26.0 Å². The van der Waals surface area contributed by atoms with Gasteiger partial charge in [0.25, 0.3) is 0 Å². The zero-order valence-electron chi connectivity index (χ0n) is 11.4. The molecule has 0 aliphatic rings. The first-order valence-electron chi connectivity index (χ1n) is 7.07. The molecule has 0 saturated heterocycles. The molecule has 0 spiro atoms. The van der Waals surface area contributed by atoms with Crippen LogP contribution in [0.25, 0.3) is 32.6 Å². The number of aromatic nitrogens is 1. The predicted octanol–water partition coefficient (Wildman–Crippen LogP) is 5.09. The molecule has 2 heteroatoms. The molecule has 0 bridgehead atoms. The van der Waals surface area contributed by atoms with E-state index in [4.69, 9.17) is 9.40 Å². The Morgan fingerprint density at radius 3 is 2.15 bits per heavy atom. The van der Waals surface area contributed by atoms with E-state index < -0.39 is 0 Å². The summed E-state index contributed by atoms with van der Waals surface area (Å²) in [5.41, 5.74) is 1.91. The van der Waals surface area contributed by atoms with E-state index in [1.165, 1.54) is 16.2 Å². The van der Waals surface area contributed by atoms with Gasteiger partial charge in [-0.1, -0.05) is 55.5 Å². The molecule has 0 fully saturated rings. The zero-order valence-corrected chi connectivity index (χ0v) is 11.4. The highest BCUT2D eigenvalue weighted by atomic mass is 16.3. The molecule has 0 unspecified atom stereocenters. The van der Waals surface area contributed by atoms with Crippen molar-refractivity contribution in [3.05, 3.63) is 54.4 Å². The predicted molar refractivity (Wildman–Crippen MR) is 83.0 cm³/mol. The fourth-order valence-electron chi connectivity index (χ4n) is 2.89. The third-order valence-corrected chi connectivity index (χ3v) is 3.78. The van der Waals surface area contributed by atoms with Crippen LogP contribution in [0.5, 0.6) is 0 Å². The first kappa shape index (κ1) is 11.5. The molecule has 0 atom stereocenters. The van der Waals surface area contributed by atoms with Gasteiger partial charge in [-0.15, -0.1) is 0 Å². The van der Waals surface area contributed by atoms with Gasteiger partial charge in [-0.2, -0.15) is 0 Å². The van der Waals surface area contributed by atoms with E-state index >= 15 is 0 Å². The van der Waals surface area contributed by atoms with Crippen molar-refractivity contribution in [2.75, 3.05) is 0 Å². The standard InChI is InChI=1S/C18H15NO/c1-2-7-16-19-17-14-10-5-3-8-12(14)13-9-4-6-11-15(13)18(17)20-16/h3-6,8-11H,2,7H2,1H3. The van der Waals surface area contributed by atoms with Crippen LogP contribution in [0, 0.1) is 0 Å². The number of hydrogen-bond acceptors (Lipinski definition) is 2. The Morgan fingerprint density at radius 1 is 0.850 bits per heavy atom. The van der Waals surface area contributed by atoms with E-state index in [1.54, 1.807) is 0 Å². The third kappa shape index (κ3) is 1.54. The van der Waals surface area contributed by atoms with Crippen LogP contribution in [0.3, 0.4) is 0 Å². The molecule has 20 heavy (non-hydrogen) atoms. The number of fused-ring (bicyclic) bond motifs is 6. The lowest BCUT2D eigenvalue weighted by Gasteiger charge is -2.04. The summed E-state index contributed by atoms with van der Waals surface area (Å²) in [6.45, 7) is 2.14. The largest absolute Gasteiger partial charge is 0.440 e. The van der Waals surface area contributed by atoms with E-state index in [0.717, 1.165) is 35.2 Å². The second-order valence-corrected chi connectivity index (χ2v) is 5.13. The second kappa shape index (κ2) is 4.34. The second-order valence-electron chi connectivity index (χ2n) is 5.13. The fourth-order valence-corrected chi connectivity index (χ4v) is 2.89. The summed E-state index contributed by atoms with van der Waals surface area (Å²) in [6.07, 6.45) is 1.93. The summed E-state index contributed by atoms with van der Waals surface area (Å²) in [7, 11) is 0. The average Bonchev–Trinajstić information content (AvgIpc) is 2.92. The summed E-state index contributed by atoms with van der Waals surface area (Å²) in [5.74, 6) is 0.837. The van der Waals surface area contributed by atoms with Gasteiger partial charge in [0.05, 0.1) is 0 Å². The van der Waals surface area contributed by atoms with Gasteiger partial charge in [0.15, 0.2) is 11.5 Å². The maximum Gasteiger partial charge on any atom is 0.195 e. The minimum absolute atomic E-state index is 0.837. The Bertz CT molecular complexity index is 848. The first-order valence-corrected chi connectivity index (χ1v) is 7.07. The van der Waals surface area contributed by atoms with Crippen LogP contribution in [0.4, 0.5) is 0 Å². The lowest BCUT2D eigenvalue weighted by molar-refractivity contribution is 0.527. The van der Waals surface area contributed by atoms with Gasteiger partial charge in [-0.3, -0.25) is 0 Å². The molecule has 3 aromatic carbocycles. The van der Waals surface area contributed by atoms with Gasteiger partial charge in [0.2, 0.25) is 0 Å². The molecule has 2 nitrogen and oxygen atoms in total. The van der Waals surface area contributed by atoms with Gasteiger partial charge >= 0.3 is 0 Å². The van der Waals surface area contributed by atoms with E-state index in [0.29, 0.717) is 0 Å². The quantitative estimate of drug-likeness (QED) is 0.470. The number of nitrogens with zero attached hydrogens (tertiary/aromatic N) is 1. The summed E-state index contributed by atoms with van der Waals surface area (Å²) in [5, 5.41) is 4.80. The lowest BCUT2D eigenvalue weighted by Crippen LogP contribution is -1.82. The van der Waals surface area contributed by atoms with Crippen molar-refractivity contribution in [1.29, 1.82) is 0 Å². The monoisotopic (exact) mass is 261 g/mol. The van der Waals surface area contributed by atoms with Gasteiger partial charge in [-0.25, -0.2) is 4.98 Å². The summed E-state index contributed by atoms with van der Waals surface area (Å²) < 4.78 is 6.02. The molecular formula is C18H15NO. The maximum atomic E-state index is 6.02. The molecular weight excluding hydrogens is 246 g/mol. The molecule has 1 aromatic heterocycles.